The summed E-state index contributed by atoms with van der Waals surface area (Å²) >= 11 is 0. The molecule has 0 aliphatic rings. The second-order valence-corrected chi connectivity index (χ2v) is 5.35. The Kier molecular flexibility index (Phi) is 4.91. The first-order valence-electron chi connectivity index (χ1n) is 6.16. The highest BCUT2D eigenvalue weighted by molar-refractivity contribution is 5.88. The van der Waals surface area contributed by atoms with Gasteiger partial charge in [0.05, 0.1) is 5.56 Å². The highest BCUT2D eigenvalue weighted by atomic mass is 16.6. The van der Waals surface area contributed by atoms with Gasteiger partial charge < -0.3 is 20.3 Å². The maximum Gasteiger partial charge on any atom is 0.408 e. The van der Waals surface area contributed by atoms with Crippen LogP contribution in [0.2, 0.25) is 0 Å². The van der Waals surface area contributed by atoms with Gasteiger partial charge in [0.2, 0.25) is 0 Å². The van der Waals surface area contributed by atoms with Crippen LogP contribution in [-0.2, 0) is 9.53 Å². The number of alkyl carbamates (subject to hydrolysis) is 1. The average molecular weight is 295 g/mol. The molecular formula is C14H17NO6. The third-order valence-corrected chi connectivity index (χ3v) is 2.37. The van der Waals surface area contributed by atoms with Crippen LogP contribution >= 0.6 is 0 Å². The third kappa shape index (κ3) is 5.13. The van der Waals surface area contributed by atoms with E-state index in [1.807, 2.05) is 0 Å². The number of rotatable bonds is 4. The fourth-order valence-electron chi connectivity index (χ4n) is 1.56. The normalized spacial score (nSPS) is 12.3. The SMILES string of the molecule is CC(C)(C)OC(=O)NC(C(=O)O)c1cccc(C(=O)O)c1. The van der Waals surface area contributed by atoms with Crippen molar-refractivity contribution in [2.45, 2.75) is 32.4 Å². The smallest absolute Gasteiger partial charge is 0.408 e. The number of carbonyl (C=O) groups is 3. The molecule has 0 heterocycles. The van der Waals surface area contributed by atoms with Gasteiger partial charge in [-0.1, -0.05) is 12.1 Å². The summed E-state index contributed by atoms with van der Waals surface area (Å²) in [5, 5.41) is 20.3. The van der Waals surface area contributed by atoms with Gasteiger partial charge >= 0.3 is 18.0 Å². The van der Waals surface area contributed by atoms with Crippen LogP contribution in [0.4, 0.5) is 4.79 Å². The lowest BCUT2D eigenvalue weighted by Crippen LogP contribution is -2.38. The molecule has 1 aromatic rings. The van der Waals surface area contributed by atoms with Crippen molar-refractivity contribution in [3.05, 3.63) is 35.4 Å². The Labute approximate surface area is 121 Å². The van der Waals surface area contributed by atoms with Crippen molar-refractivity contribution in [1.82, 2.24) is 5.32 Å². The Morgan fingerprint density at radius 1 is 1.19 bits per heavy atom. The van der Waals surface area contributed by atoms with Gasteiger partial charge in [-0.05, 0) is 38.5 Å². The zero-order chi connectivity index (χ0) is 16.2. The maximum absolute atomic E-state index is 11.7. The minimum Gasteiger partial charge on any atom is -0.479 e. The van der Waals surface area contributed by atoms with E-state index in [0.29, 0.717) is 0 Å². The monoisotopic (exact) mass is 295 g/mol. The summed E-state index contributed by atoms with van der Waals surface area (Å²) in [7, 11) is 0. The number of nitrogens with one attached hydrogen (secondary N) is 1. The van der Waals surface area contributed by atoms with E-state index in [-0.39, 0.29) is 11.1 Å². The van der Waals surface area contributed by atoms with Crippen molar-refractivity contribution in [3.63, 3.8) is 0 Å². The predicted octanol–water partition coefficient (Wildman–Crippen LogP) is 2.04. The van der Waals surface area contributed by atoms with E-state index >= 15 is 0 Å². The highest BCUT2D eigenvalue weighted by Gasteiger charge is 2.25. The van der Waals surface area contributed by atoms with Gasteiger partial charge in [0.15, 0.2) is 6.04 Å². The Morgan fingerprint density at radius 2 is 1.81 bits per heavy atom. The molecule has 1 rings (SSSR count). The number of carboxylic acid groups (broad SMARTS) is 2. The molecule has 0 aliphatic carbocycles. The summed E-state index contributed by atoms with van der Waals surface area (Å²) in [5.41, 5.74) is -0.686. The van der Waals surface area contributed by atoms with E-state index < -0.39 is 29.7 Å². The van der Waals surface area contributed by atoms with Crippen molar-refractivity contribution in [3.8, 4) is 0 Å². The number of hydrogen-bond acceptors (Lipinski definition) is 4. The van der Waals surface area contributed by atoms with Gasteiger partial charge in [-0.25, -0.2) is 14.4 Å². The summed E-state index contributed by atoms with van der Waals surface area (Å²) < 4.78 is 4.99. The first-order valence-corrected chi connectivity index (χ1v) is 6.16. The summed E-state index contributed by atoms with van der Waals surface area (Å²) in [4.78, 5) is 33.8. The number of aliphatic carboxylic acids is 1. The Balaban J connectivity index is 2.97. The zero-order valence-electron chi connectivity index (χ0n) is 11.9. The van der Waals surface area contributed by atoms with Crippen LogP contribution in [0.3, 0.4) is 0 Å². The maximum atomic E-state index is 11.7. The molecule has 0 saturated heterocycles. The van der Waals surface area contributed by atoms with Gasteiger partial charge in [0.25, 0.3) is 0 Å². The first-order chi connectivity index (χ1) is 9.60. The van der Waals surface area contributed by atoms with Crippen LogP contribution in [0.1, 0.15) is 42.7 Å². The van der Waals surface area contributed by atoms with Gasteiger partial charge in [0.1, 0.15) is 5.60 Å². The largest absolute Gasteiger partial charge is 0.479 e. The fraction of sp³-hybridized carbons (Fsp3) is 0.357. The number of ether oxygens (including phenoxy) is 1. The van der Waals surface area contributed by atoms with Crippen molar-refractivity contribution in [2.24, 2.45) is 0 Å². The number of carbonyl (C=O) groups excluding carboxylic acids is 1. The van der Waals surface area contributed by atoms with Crippen LogP contribution in [0.25, 0.3) is 0 Å². The molecule has 0 fully saturated rings. The molecule has 0 radical (unpaired) electrons. The molecule has 1 unspecified atom stereocenters. The molecule has 21 heavy (non-hydrogen) atoms. The number of hydrogen-bond donors (Lipinski definition) is 3. The average Bonchev–Trinajstić information content (AvgIpc) is 2.33. The molecule has 7 heteroatoms. The molecule has 0 aliphatic heterocycles. The quantitative estimate of drug-likeness (QED) is 0.783. The van der Waals surface area contributed by atoms with Crippen molar-refractivity contribution in [1.29, 1.82) is 0 Å². The lowest BCUT2D eigenvalue weighted by molar-refractivity contribution is -0.139. The molecule has 0 saturated carbocycles. The second-order valence-electron chi connectivity index (χ2n) is 5.35. The van der Waals surface area contributed by atoms with Crippen molar-refractivity contribution >= 4 is 18.0 Å². The molecular weight excluding hydrogens is 278 g/mol. The van der Waals surface area contributed by atoms with Crippen molar-refractivity contribution < 1.29 is 29.3 Å². The lowest BCUT2D eigenvalue weighted by Gasteiger charge is -2.22. The van der Waals surface area contributed by atoms with Crippen LogP contribution in [0, 0.1) is 0 Å². The van der Waals surface area contributed by atoms with E-state index in [2.05, 4.69) is 5.32 Å². The summed E-state index contributed by atoms with van der Waals surface area (Å²) in [6.07, 6.45) is -0.893. The molecule has 7 nitrogen and oxygen atoms in total. The first kappa shape index (κ1) is 16.5. The van der Waals surface area contributed by atoms with Crippen LogP contribution in [0.5, 0.6) is 0 Å². The van der Waals surface area contributed by atoms with E-state index in [4.69, 9.17) is 9.84 Å². The van der Waals surface area contributed by atoms with Crippen molar-refractivity contribution in [2.75, 3.05) is 0 Å². The molecule has 1 atom stereocenters. The summed E-state index contributed by atoms with van der Waals surface area (Å²) in [6.45, 7) is 4.94. The van der Waals surface area contributed by atoms with Gasteiger partial charge in [-0.15, -0.1) is 0 Å². The Bertz CT molecular complexity index is 561. The lowest BCUT2D eigenvalue weighted by atomic mass is 10.0. The highest BCUT2D eigenvalue weighted by Crippen LogP contribution is 2.17. The number of benzene rings is 1. The van der Waals surface area contributed by atoms with Crippen LogP contribution in [0.15, 0.2) is 24.3 Å². The van der Waals surface area contributed by atoms with Crippen LogP contribution in [-0.4, -0.2) is 33.8 Å². The van der Waals surface area contributed by atoms with Gasteiger partial charge in [-0.3, -0.25) is 0 Å². The fourth-order valence-corrected chi connectivity index (χ4v) is 1.56. The Morgan fingerprint density at radius 3 is 2.29 bits per heavy atom. The van der Waals surface area contributed by atoms with E-state index in [9.17, 15) is 19.5 Å². The summed E-state index contributed by atoms with van der Waals surface area (Å²) in [6, 6.07) is 3.96. The van der Waals surface area contributed by atoms with E-state index in [1.54, 1.807) is 20.8 Å². The summed E-state index contributed by atoms with van der Waals surface area (Å²) in [5.74, 6) is -2.50. The zero-order valence-corrected chi connectivity index (χ0v) is 11.9. The number of carboxylic acids is 2. The minimum atomic E-state index is -1.39. The predicted molar refractivity (Wildman–Crippen MR) is 73.1 cm³/mol. The number of aromatic carboxylic acids is 1. The van der Waals surface area contributed by atoms with E-state index in [0.717, 1.165) is 0 Å². The molecule has 0 spiro atoms. The van der Waals surface area contributed by atoms with Gasteiger partial charge in [-0.2, -0.15) is 0 Å². The molecule has 3 N–H and O–H groups in total. The molecule has 114 valence electrons. The van der Waals surface area contributed by atoms with Crippen LogP contribution < -0.4 is 5.32 Å². The standard InChI is InChI=1S/C14H17NO6/c1-14(2,3)21-13(20)15-10(12(18)19)8-5-4-6-9(7-8)11(16)17/h4-7,10H,1-3H3,(H,15,20)(H,16,17)(H,18,19). The topological polar surface area (TPSA) is 113 Å². The second kappa shape index (κ2) is 6.25. The Hall–Kier alpha value is -2.57. The van der Waals surface area contributed by atoms with Gasteiger partial charge in [0, 0.05) is 0 Å². The van der Waals surface area contributed by atoms with E-state index in [1.165, 1.54) is 24.3 Å². The molecule has 1 amide bonds. The third-order valence-electron chi connectivity index (χ3n) is 2.37. The molecule has 1 aromatic carbocycles. The number of amides is 1. The minimum absolute atomic E-state index is 0.0651. The molecule has 0 bridgehead atoms. The molecule has 0 aromatic heterocycles.